The summed E-state index contributed by atoms with van der Waals surface area (Å²) in [5.74, 6) is -0.750. The zero-order valence-electron chi connectivity index (χ0n) is 14.1. The zero-order valence-corrected chi connectivity index (χ0v) is 14.1. The van der Waals surface area contributed by atoms with Gasteiger partial charge in [-0.05, 0) is 32.0 Å². The third-order valence-corrected chi connectivity index (χ3v) is 3.86. The first kappa shape index (κ1) is 17.7. The molecule has 0 aliphatic heterocycles. The van der Waals surface area contributed by atoms with E-state index >= 15 is 0 Å². The van der Waals surface area contributed by atoms with Crippen molar-refractivity contribution in [1.29, 1.82) is 0 Å². The molecule has 0 aromatic carbocycles. The summed E-state index contributed by atoms with van der Waals surface area (Å²) in [6, 6.07) is 3.60. The van der Waals surface area contributed by atoms with E-state index in [0.29, 0.717) is 16.8 Å². The summed E-state index contributed by atoms with van der Waals surface area (Å²) in [6.07, 6.45) is 3.45. The van der Waals surface area contributed by atoms with E-state index in [2.05, 4.69) is 0 Å². The van der Waals surface area contributed by atoms with Gasteiger partial charge in [0.25, 0.3) is 0 Å². The van der Waals surface area contributed by atoms with E-state index in [4.69, 9.17) is 10.5 Å². The molecule has 0 aliphatic rings. The van der Waals surface area contributed by atoms with Gasteiger partial charge < -0.3 is 19.8 Å². The average Bonchev–Trinajstić information content (AvgIpc) is 2.96. The number of carbonyl (C=O) groups excluding carboxylic acids is 3. The van der Waals surface area contributed by atoms with Crippen molar-refractivity contribution in [2.24, 2.45) is 5.73 Å². The first-order chi connectivity index (χ1) is 11.2. The fourth-order valence-corrected chi connectivity index (χ4v) is 2.48. The highest BCUT2D eigenvalue weighted by atomic mass is 16.5. The van der Waals surface area contributed by atoms with Crippen LogP contribution in [0.25, 0.3) is 5.52 Å². The lowest BCUT2D eigenvalue weighted by atomic mass is 10.0. The summed E-state index contributed by atoms with van der Waals surface area (Å²) < 4.78 is 6.89. The van der Waals surface area contributed by atoms with Gasteiger partial charge in [-0.1, -0.05) is 0 Å². The van der Waals surface area contributed by atoms with E-state index in [0.717, 1.165) is 0 Å². The van der Waals surface area contributed by atoms with Crippen molar-refractivity contribution in [3.8, 4) is 5.75 Å². The number of fused-ring (bicyclic) bond motifs is 1. The highest BCUT2D eigenvalue weighted by Gasteiger charge is 2.27. The van der Waals surface area contributed by atoms with Crippen LogP contribution in [0.4, 0.5) is 0 Å². The van der Waals surface area contributed by atoms with Gasteiger partial charge in [0.05, 0.1) is 17.6 Å². The van der Waals surface area contributed by atoms with Crippen molar-refractivity contribution in [3.05, 3.63) is 36.2 Å². The number of likely N-dealkylation sites (N-methyl/N-ethyl adjacent to an activating group) is 1. The molecule has 0 aliphatic carbocycles. The predicted molar refractivity (Wildman–Crippen MR) is 88.9 cm³/mol. The molecule has 0 radical (unpaired) electrons. The van der Waals surface area contributed by atoms with Gasteiger partial charge in [-0.2, -0.15) is 0 Å². The number of hydrogen-bond donors (Lipinski definition) is 1. The van der Waals surface area contributed by atoms with E-state index in [9.17, 15) is 14.4 Å². The van der Waals surface area contributed by atoms with Crippen LogP contribution in [0.2, 0.25) is 0 Å². The third kappa shape index (κ3) is 3.30. The first-order valence-electron chi connectivity index (χ1n) is 7.58. The van der Waals surface area contributed by atoms with Crippen molar-refractivity contribution in [3.63, 3.8) is 0 Å². The van der Waals surface area contributed by atoms with Gasteiger partial charge in [0.1, 0.15) is 0 Å². The Kier molecular flexibility index (Phi) is 5.04. The molecule has 0 fully saturated rings. The second kappa shape index (κ2) is 6.84. The smallest absolute Gasteiger partial charge is 0.308 e. The maximum atomic E-state index is 12.8. The second-order valence-corrected chi connectivity index (χ2v) is 5.73. The lowest BCUT2D eigenvalue weighted by Gasteiger charge is -2.25. The van der Waals surface area contributed by atoms with Crippen LogP contribution in [-0.4, -0.2) is 46.1 Å². The molecule has 2 aromatic heterocycles. The number of carbonyl (C=O) groups is 3. The van der Waals surface area contributed by atoms with Gasteiger partial charge in [0.15, 0.2) is 11.5 Å². The summed E-state index contributed by atoms with van der Waals surface area (Å²) in [5, 5.41) is 0. The van der Waals surface area contributed by atoms with Gasteiger partial charge >= 0.3 is 5.97 Å². The standard InChI is InChI=1S/C17H21N3O4/c1-10(18)17(23)19(4)11(2)16(22)13-7-9-20-8-5-6-14(15(13)20)24-12(3)21/h5-11H,18H2,1-4H3/t10-,11?/m0/s1. The van der Waals surface area contributed by atoms with E-state index in [1.165, 1.54) is 11.8 Å². The van der Waals surface area contributed by atoms with Crippen LogP contribution in [-0.2, 0) is 9.59 Å². The molecule has 0 bridgehead atoms. The molecule has 2 rings (SSSR count). The van der Waals surface area contributed by atoms with Crippen LogP contribution in [0.15, 0.2) is 30.6 Å². The molecule has 1 amide bonds. The fourth-order valence-electron chi connectivity index (χ4n) is 2.48. The van der Waals surface area contributed by atoms with Gasteiger partial charge in [0, 0.05) is 31.9 Å². The molecular weight excluding hydrogens is 310 g/mol. The van der Waals surface area contributed by atoms with E-state index < -0.39 is 18.1 Å². The minimum atomic E-state index is -0.694. The molecular formula is C17H21N3O4. The largest absolute Gasteiger partial charge is 0.424 e. The van der Waals surface area contributed by atoms with Gasteiger partial charge in [-0.15, -0.1) is 0 Å². The summed E-state index contributed by atoms with van der Waals surface area (Å²) in [7, 11) is 1.54. The SMILES string of the molecule is CC(=O)Oc1cccn2ccc(C(=O)C(C)N(C)C(=O)[C@H](C)N)c12. The number of amides is 1. The number of hydrogen-bond acceptors (Lipinski definition) is 5. The molecule has 0 spiro atoms. The number of aromatic nitrogens is 1. The number of nitrogens with zero attached hydrogens (tertiary/aromatic N) is 2. The molecule has 24 heavy (non-hydrogen) atoms. The Morgan fingerprint density at radius 3 is 2.46 bits per heavy atom. The van der Waals surface area contributed by atoms with Gasteiger partial charge in [0.2, 0.25) is 5.91 Å². The Balaban J connectivity index is 2.43. The normalized spacial score (nSPS) is 13.4. The maximum Gasteiger partial charge on any atom is 0.308 e. The van der Waals surface area contributed by atoms with Crippen molar-refractivity contribution >= 4 is 23.2 Å². The molecule has 1 unspecified atom stereocenters. The summed E-state index contributed by atoms with van der Waals surface area (Å²) in [5.41, 5.74) is 6.47. The zero-order chi connectivity index (χ0) is 18.0. The number of ether oxygens (including phenoxy) is 1. The van der Waals surface area contributed by atoms with Crippen molar-refractivity contribution in [2.75, 3.05) is 7.05 Å². The van der Waals surface area contributed by atoms with E-state index in [1.807, 2.05) is 0 Å². The van der Waals surface area contributed by atoms with Crippen LogP contribution in [0, 0.1) is 0 Å². The van der Waals surface area contributed by atoms with Gasteiger partial charge in [-0.25, -0.2) is 0 Å². The Morgan fingerprint density at radius 1 is 1.21 bits per heavy atom. The van der Waals surface area contributed by atoms with Crippen LogP contribution < -0.4 is 10.5 Å². The third-order valence-electron chi connectivity index (χ3n) is 3.86. The minimum Gasteiger partial charge on any atom is -0.424 e. The number of Topliss-reactive ketones (excluding diaryl/α,β-unsaturated/α-hetero) is 1. The number of rotatable bonds is 5. The molecule has 7 nitrogen and oxygen atoms in total. The Bertz CT molecular complexity index is 794. The molecule has 2 heterocycles. The predicted octanol–water partition coefficient (Wildman–Crippen LogP) is 1.24. The average molecular weight is 331 g/mol. The van der Waals surface area contributed by atoms with E-state index in [-0.39, 0.29) is 11.7 Å². The molecule has 0 saturated heterocycles. The number of pyridine rings is 1. The first-order valence-corrected chi connectivity index (χ1v) is 7.58. The topological polar surface area (TPSA) is 94.1 Å². The second-order valence-electron chi connectivity index (χ2n) is 5.73. The molecule has 2 N–H and O–H groups in total. The lowest BCUT2D eigenvalue weighted by Crippen LogP contribution is -2.47. The number of esters is 1. The van der Waals surface area contributed by atoms with Crippen LogP contribution in [0.5, 0.6) is 5.75 Å². The lowest BCUT2D eigenvalue weighted by molar-refractivity contribution is -0.132. The highest BCUT2D eigenvalue weighted by molar-refractivity contribution is 6.08. The van der Waals surface area contributed by atoms with Crippen LogP contribution in [0.3, 0.4) is 0 Å². The summed E-state index contributed by atoms with van der Waals surface area (Å²) in [4.78, 5) is 37.5. The molecule has 0 saturated carbocycles. The molecule has 7 heteroatoms. The van der Waals surface area contributed by atoms with Crippen LogP contribution >= 0.6 is 0 Å². The van der Waals surface area contributed by atoms with Crippen LogP contribution in [0.1, 0.15) is 31.1 Å². The van der Waals surface area contributed by atoms with Gasteiger partial charge in [-0.3, -0.25) is 14.4 Å². The van der Waals surface area contributed by atoms with Crippen molar-refractivity contribution < 1.29 is 19.1 Å². The van der Waals surface area contributed by atoms with Crippen molar-refractivity contribution in [1.82, 2.24) is 9.30 Å². The van der Waals surface area contributed by atoms with E-state index in [1.54, 1.807) is 55.9 Å². The quantitative estimate of drug-likeness (QED) is 0.657. The maximum absolute atomic E-state index is 12.8. The summed E-state index contributed by atoms with van der Waals surface area (Å²) >= 11 is 0. The Hall–Kier alpha value is -2.67. The monoisotopic (exact) mass is 331 g/mol. The fraction of sp³-hybridized carbons (Fsp3) is 0.353. The summed E-state index contributed by atoms with van der Waals surface area (Å²) in [6.45, 7) is 4.51. The Labute approximate surface area is 140 Å². The van der Waals surface area contributed by atoms with Crippen molar-refractivity contribution in [2.45, 2.75) is 32.9 Å². The highest BCUT2D eigenvalue weighted by Crippen LogP contribution is 2.26. The molecule has 128 valence electrons. The molecule has 2 atom stereocenters. The minimum absolute atomic E-state index is 0.256. The molecule has 2 aromatic rings. The number of nitrogens with two attached hydrogens (primary N) is 1. The Morgan fingerprint density at radius 2 is 1.88 bits per heavy atom. The number of ketones is 1.